The lowest BCUT2D eigenvalue weighted by Gasteiger charge is -2.15. The second kappa shape index (κ2) is 7.43. The second-order valence-electron chi connectivity index (χ2n) is 5.52. The molecule has 1 aliphatic heterocycles. The van der Waals surface area contributed by atoms with E-state index in [9.17, 15) is 14.9 Å². The number of carbonyl (C=O) groups excluding carboxylic acids is 1. The van der Waals surface area contributed by atoms with Crippen LogP contribution in [0.25, 0.3) is 0 Å². The summed E-state index contributed by atoms with van der Waals surface area (Å²) < 4.78 is 11.0. The lowest BCUT2D eigenvalue weighted by Crippen LogP contribution is -2.25. The Labute approximate surface area is 148 Å². The Bertz CT molecular complexity index is 802. The first kappa shape index (κ1) is 17.1. The quantitative estimate of drug-likeness (QED) is 0.448. The highest BCUT2D eigenvalue weighted by Crippen LogP contribution is 2.34. The summed E-state index contributed by atoms with van der Waals surface area (Å²) in [6.45, 7) is 1.58. The van der Waals surface area contributed by atoms with Crippen molar-refractivity contribution in [2.24, 2.45) is 4.99 Å². The molecule has 2 atom stereocenters. The molecule has 0 bridgehead atoms. The van der Waals surface area contributed by atoms with Crippen LogP contribution in [0.3, 0.4) is 0 Å². The molecule has 0 saturated heterocycles. The van der Waals surface area contributed by atoms with Crippen LogP contribution in [0, 0.1) is 10.1 Å². The number of thiophene rings is 1. The van der Waals surface area contributed by atoms with E-state index in [1.54, 1.807) is 19.1 Å². The molecule has 0 N–H and O–H groups in total. The second-order valence-corrected chi connectivity index (χ2v) is 6.72. The molecular formula is C17H16N2O5S. The summed E-state index contributed by atoms with van der Waals surface area (Å²) in [4.78, 5) is 28.2. The van der Waals surface area contributed by atoms with Gasteiger partial charge in [0.1, 0.15) is 6.61 Å². The molecule has 0 fully saturated rings. The molecule has 2 aromatic rings. The molecule has 0 amide bonds. The largest absolute Gasteiger partial charge is 0.469 e. The monoisotopic (exact) mass is 360 g/mol. The number of aliphatic imine (C=N–C) groups is 1. The van der Waals surface area contributed by atoms with Gasteiger partial charge in [0, 0.05) is 16.7 Å². The molecular weight excluding hydrogens is 344 g/mol. The average molecular weight is 360 g/mol. The van der Waals surface area contributed by atoms with E-state index in [1.165, 1.54) is 11.3 Å². The summed E-state index contributed by atoms with van der Waals surface area (Å²) in [6, 6.07) is 12.0. The predicted molar refractivity (Wildman–Crippen MR) is 92.0 cm³/mol. The molecule has 0 saturated carbocycles. The third-order valence-electron chi connectivity index (χ3n) is 3.62. The molecule has 1 aromatic carbocycles. The summed E-state index contributed by atoms with van der Waals surface area (Å²) in [5.74, 6) is -0.0779. The highest BCUT2D eigenvalue weighted by molar-refractivity contribution is 7.12. The minimum absolute atomic E-state index is 0.161. The van der Waals surface area contributed by atoms with Crippen molar-refractivity contribution in [3.05, 3.63) is 67.9 Å². The standard InChI is InChI=1S/C17H16N2O5S/c1-11-18-15(17(20)23-10-12-5-3-2-4-6-12)16(24-11)14-8-7-13(25-14)9-19(21)22/h2-8,15-16H,9-10H2,1H3. The van der Waals surface area contributed by atoms with Crippen LogP contribution >= 0.6 is 11.3 Å². The Balaban J connectivity index is 1.69. The van der Waals surface area contributed by atoms with Gasteiger partial charge in [-0.25, -0.2) is 9.79 Å². The number of benzene rings is 1. The van der Waals surface area contributed by atoms with Crippen molar-refractivity contribution in [1.82, 2.24) is 0 Å². The van der Waals surface area contributed by atoms with E-state index >= 15 is 0 Å². The summed E-state index contributed by atoms with van der Waals surface area (Å²) in [6.07, 6.45) is -0.603. The van der Waals surface area contributed by atoms with Crippen molar-refractivity contribution in [2.75, 3.05) is 0 Å². The van der Waals surface area contributed by atoms with E-state index in [2.05, 4.69) is 4.99 Å². The molecule has 0 aliphatic carbocycles. The van der Waals surface area contributed by atoms with Gasteiger partial charge in [-0.05, 0) is 17.7 Å². The van der Waals surface area contributed by atoms with Crippen LogP contribution < -0.4 is 0 Å². The van der Waals surface area contributed by atoms with Gasteiger partial charge in [-0.3, -0.25) is 10.1 Å². The van der Waals surface area contributed by atoms with Gasteiger partial charge in [-0.2, -0.15) is 0 Å². The van der Waals surface area contributed by atoms with Gasteiger partial charge in [0.05, 0.1) is 4.88 Å². The van der Waals surface area contributed by atoms with E-state index in [0.29, 0.717) is 10.8 Å². The Kier molecular flexibility index (Phi) is 5.08. The maximum absolute atomic E-state index is 12.4. The molecule has 7 nitrogen and oxygen atoms in total. The van der Waals surface area contributed by atoms with Gasteiger partial charge in [-0.15, -0.1) is 11.3 Å². The fourth-order valence-corrected chi connectivity index (χ4v) is 3.54. The van der Waals surface area contributed by atoms with Gasteiger partial charge < -0.3 is 9.47 Å². The third kappa shape index (κ3) is 4.21. The van der Waals surface area contributed by atoms with Crippen LogP contribution in [0.15, 0.2) is 47.5 Å². The summed E-state index contributed by atoms with van der Waals surface area (Å²) in [5, 5.41) is 10.6. The maximum atomic E-state index is 12.4. The van der Waals surface area contributed by atoms with Gasteiger partial charge in [0.25, 0.3) is 0 Å². The minimum atomic E-state index is -0.800. The van der Waals surface area contributed by atoms with Crippen LogP contribution in [0.2, 0.25) is 0 Å². The van der Waals surface area contributed by atoms with Crippen LogP contribution in [0.4, 0.5) is 0 Å². The summed E-state index contributed by atoms with van der Waals surface area (Å²) >= 11 is 1.25. The predicted octanol–water partition coefficient (Wildman–Crippen LogP) is 3.13. The highest BCUT2D eigenvalue weighted by atomic mass is 32.1. The van der Waals surface area contributed by atoms with E-state index < -0.39 is 23.0 Å². The molecule has 2 heterocycles. The Hall–Kier alpha value is -2.74. The number of nitro groups is 1. The van der Waals surface area contributed by atoms with E-state index in [0.717, 1.165) is 10.4 Å². The molecule has 0 spiro atoms. The van der Waals surface area contributed by atoms with Crippen molar-refractivity contribution in [1.29, 1.82) is 0 Å². The van der Waals surface area contributed by atoms with E-state index in [4.69, 9.17) is 9.47 Å². The molecule has 8 heteroatoms. The number of hydrogen-bond donors (Lipinski definition) is 0. The third-order valence-corrected chi connectivity index (χ3v) is 4.75. The highest BCUT2D eigenvalue weighted by Gasteiger charge is 2.38. The smallest absolute Gasteiger partial charge is 0.335 e. The molecule has 130 valence electrons. The number of rotatable bonds is 6. The van der Waals surface area contributed by atoms with Gasteiger partial charge in [0.2, 0.25) is 6.54 Å². The lowest BCUT2D eigenvalue weighted by atomic mass is 10.1. The first-order valence-corrected chi connectivity index (χ1v) is 8.46. The topological polar surface area (TPSA) is 91.0 Å². The SMILES string of the molecule is CC1=NC(C(=O)OCc2ccccc2)C(c2ccc(C[N+](=O)[O-])s2)O1. The van der Waals surface area contributed by atoms with Crippen molar-refractivity contribution in [2.45, 2.75) is 32.2 Å². The van der Waals surface area contributed by atoms with Crippen LogP contribution in [-0.2, 0) is 27.4 Å². The van der Waals surface area contributed by atoms with Crippen LogP contribution in [0.5, 0.6) is 0 Å². The summed E-state index contributed by atoms with van der Waals surface area (Å²) in [7, 11) is 0. The van der Waals surface area contributed by atoms with Crippen molar-refractivity contribution >= 4 is 23.2 Å². The molecule has 3 rings (SSSR count). The van der Waals surface area contributed by atoms with Gasteiger partial charge in [0.15, 0.2) is 18.0 Å². The first-order chi connectivity index (χ1) is 12.0. The Morgan fingerprint density at radius 1 is 1.32 bits per heavy atom. The Morgan fingerprint density at radius 2 is 2.08 bits per heavy atom. The average Bonchev–Trinajstić information content (AvgIpc) is 3.19. The first-order valence-electron chi connectivity index (χ1n) is 7.65. The molecule has 2 unspecified atom stereocenters. The van der Waals surface area contributed by atoms with Crippen molar-refractivity contribution in [3.8, 4) is 0 Å². The number of hydrogen-bond acceptors (Lipinski definition) is 7. The van der Waals surface area contributed by atoms with E-state index in [1.807, 2.05) is 30.3 Å². The minimum Gasteiger partial charge on any atom is -0.469 e. The van der Waals surface area contributed by atoms with Crippen LogP contribution in [-0.4, -0.2) is 22.8 Å². The molecule has 0 radical (unpaired) electrons. The zero-order valence-corrected chi connectivity index (χ0v) is 14.3. The zero-order chi connectivity index (χ0) is 17.8. The number of carbonyl (C=O) groups is 1. The number of nitrogens with zero attached hydrogens (tertiary/aromatic N) is 2. The zero-order valence-electron chi connectivity index (χ0n) is 13.5. The van der Waals surface area contributed by atoms with Gasteiger partial charge in [-0.1, -0.05) is 30.3 Å². The number of esters is 1. The van der Waals surface area contributed by atoms with Gasteiger partial charge >= 0.3 is 5.97 Å². The number of ether oxygens (including phenoxy) is 2. The maximum Gasteiger partial charge on any atom is 0.335 e. The molecule has 1 aromatic heterocycles. The lowest BCUT2D eigenvalue weighted by molar-refractivity contribution is -0.496. The van der Waals surface area contributed by atoms with Crippen LogP contribution in [0.1, 0.15) is 28.3 Å². The summed E-state index contributed by atoms with van der Waals surface area (Å²) in [5.41, 5.74) is 0.886. The molecule has 1 aliphatic rings. The van der Waals surface area contributed by atoms with E-state index in [-0.39, 0.29) is 13.2 Å². The van der Waals surface area contributed by atoms with Crippen molar-refractivity contribution < 1.29 is 19.2 Å². The normalized spacial score (nSPS) is 19.2. The fraction of sp³-hybridized carbons (Fsp3) is 0.294. The Morgan fingerprint density at radius 3 is 2.80 bits per heavy atom. The molecule has 25 heavy (non-hydrogen) atoms. The van der Waals surface area contributed by atoms with Crippen molar-refractivity contribution in [3.63, 3.8) is 0 Å². The fourth-order valence-electron chi connectivity index (χ4n) is 2.51.